The summed E-state index contributed by atoms with van der Waals surface area (Å²) < 4.78 is 13.2. The van der Waals surface area contributed by atoms with Crippen molar-refractivity contribution in [3.05, 3.63) is 121 Å². The van der Waals surface area contributed by atoms with Crippen molar-refractivity contribution in [2.45, 2.75) is 0 Å². The van der Waals surface area contributed by atoms with Crippen LogP contribution in [-0.2, 0) is 0 Å². The molecule has 0 saturated carbocycles. The van der Waals surface area contributed by atoms with Crippen molar-refractivity contribution in [2.24, 2.45) is 0 Å². The monoisotopic (exact) mass is 426 g/mol. The van der Waals surface area contributed by atoms with Gasteiger partial charge in [-0.1, -0.05) is 72.8 Å². The van der Waals surface area contributed by atoms with Crippen molar-refractivity contribution in [3.63, 3.8) is 0 Å². The van der Waals surface area contributed by atoms with Gasteiger partial charge in [0.15, 0.2) is 0 Å². The molecule has 33 heavy (non-hydrogen) atoms. The van der Waals surface area contributed by atoms with Crippen molar-refractivity contribution in [3.8, 4) is 33.5 Å². The van der Waals surface area contributed by atoms with Crippen LogP contribution in [0.25, 0.3) is 55.2 Å². The van der Waals surface area contributed by atoms with E-state index in [-0.39, 0.29) is 5.82 Å². The van der Waals surface area contributed by atoms with Crippen LogP contribution in [0.1, 0.15) is 0 Å². The minimum atomic E-state index is -0.234. The molecule has 3 heteroatoms. The van der Waals surface area contributed by atoms with Gasteiger partial charge in [-0.25, -0.2) is 4.39 Å². The van der Waals surface area contributed by atoms with Gasteiger partial charge in [0.2, 0.25) is 0 Å². The average molecular weight is 426 g/mol. The molecular formula is C30H19FN2. The van der Waals surface area contributed by atoms with Gasteiger partial charge in [-0.2, -0.15) is 0 Å². The number of benzene rings is 4. The second kappa shape index (κ2) is 7.95. The number of hydrogen-bond acceptors (Lipinski definition) is 2. The lowest BCUT2D eigenvalue weighted by molar-refractivity contribution is 0.628. The van der Waals surface area contributed by atoms with Crippen molar-refractivity contribution in [2.75, 3.05) is 0 Å². The summed E-state index contributed by atoms with van der Waals surface area (Å²) in [7, 11) is 0. The normalized spacial score (nSPS) is 11.2. The van der Waals surface area contributed by atoms with E-state index in [1.54, 1.807) is 12.1 Å². The Morgan fingerprint density at radius 2 is 1.27 bits per heavy atom. The van der Waals surface area contributed by atoms with Crippen LogP contribution in [0.15, 0.2) is 116 Å². The maximum absolute atomic E-state index is 13.2. The summed E-state index contributed by atoms with van der Waals surface area (Å²) in [6, 6.07) is 33.6. The molecule has 0 fully saturated rings. The highest BCUT2D eigenvalue weighted by atomic mass is 19.1. The maximum Gasteiger partial charge on any atom is 0.123 e. The van der Waals surface area contributed by atoms with Crippen molar-refractivity contribution >= 4 is 21.7 Å². The topological polar surface area (TPSA) is 25.8 Å². The number of rotatable bonds is 3. The molecule has 0 aliphatic carbocycles. The molecule has 0 aliphatic rings. The van der Waals surface area contributed by atoms with E-state index in [1.165, 1.54) is 22.9 Å². The van der Waals surface area contributed by atoms with Gasteiger partial charge in [0.25, 0.3) is 0 Å². The molecule has 156 valence electrons. The van der Waals surface area contributed by atoms with Crippen LogP contribution in [0.3, 0.4) is 0 Å². The van der Waals surface area contributed by atoms with E-state index >= 15 is 0 Å². The molecule has 2 nitrogen and oxygen atoms in total. The Kier molecular flexibility index (Phi) is 4.66. The highest BCUT2D eigenvalue weighted by Gasteiger charge is 2.07. The largest absolute Gasteiger partial charge is 0.256 e. The molecule has 0 unspecified atom stereocenters. The van der Waals surface area contributed by atoms with Crippen LogP contribution < -0.4 is 0 Å². The summed E-state index contributed by atoms with van der Waals surface area (Å²) in [5.41, 5.74) is 7.02. The summed E-state index contributed by atoms with van der Waals surface area (Å²) >= 11 is 0. The quantitative estimate of drug-likeness (QED) is 0.287. The van der Waals surface area contributed by atoms with Crippen LogP contribution in [0, 0.1) is 5.82 Å². The molecule has 6 rings (SSSR count). The fourth-order valence-electron chi connectivity index (χ4n) is 4.27. The molecule has 2 aromatic heterocycles. The van der Waals surface area contributed by atoms with Gasteiger partial charge in [-0.05, 0) is 52.2 Å². The minimum absolute atomic E-state index is 0.234. The van der Waals surface area contributed by atoms with Crippen molar-refractivity contribution in [1.29, 1.82) is 0 Å². The summed E-state index contributed by atoms with van der Waals surface area (Å²) in [5, 5.41) is 3.46. The van der Waals surface area contributed by atoms with E-state index in [1.807, 2.05) is 24.5 Å². The van der Waals surface area contributed by atoms with E-state index in [2.05, 4.69) is 71.7 Å². The van der Waals surface area contributed by atoms with Crippen LogP contribution in [0.2, 0.25) is 0 Å². The molecule has 0 atom stereocenters. The number of aromatic nitrogens is 2. The highest BCUT2D eigenvalue weighted by molar-refractivity contribution is 5.96. The summed E-state index contributed by atoms with van der Waals surface area (Å²) in [5.74, 6) is -0.234. The van der Waals surface area contributed by atoms with E-state index in [4.69, 9.17) is 4.98 Å². The van der Waals surface area contributed by atoms with Gasteiger partial charge in [0.1, 0.15) is 5.82 Å². The zero-order chi connectivity index (χ0) is 22.2. The van der Waals surface area contributed by atoms with E-state index in [9.17, 15) is 4.39 Å². The van der Waals surface area contributed by atoms with Crippen LogP contribution in [0.5, 0.6) is 0 Å². The first-order chi connectivity index (χ1) is 16.2. The van der Waals surface area contributed by atoms with Gasteiger partial charge < -0.3 is 0 Å². The second-order valence-electron chi connectivity index (χ2n) is 8.10. The lowest BCUT2D eigenvalue weighted by atomic mass is 10.00. The fraction of sp³-hybridized carbons (Fsp3) is 0. The predicted molar refractivity (Wildman–Crippen MR) is 133 cm³/mol. The Hall–Kier alpha value is -4.37. The van der Waals surface area contributed by atoms with E-state index in [0.29, 0.717) is 0 Å². The highest BCUT2D eigenvalue weighted by Crippen LogP contribution is 2.30. The second-order valence-corrected chi connectivity index (χ2v) is 8.10. The Labute approximate surface area is 191 Å². The Balaban J connectivity index is 1.33. The maximum atomic E-state index is 13.2. The first-order valence-corrected chi connectivity index (χ1v) is 10.8. The van der Waals surface area contributed by atoms with E-state index in [0.717, 1.165) is 44.4 Å². The Bertz CT molecular complexity index is 1600. The molecule has 0 aliphatic heterocycles. The lowest BCUT2D eigenvalue weighted by Gasteiger charge is -2.08. The van der Waals surface area contributed by atoms with E-state index < -0.39 is 0 Å². The molecule has 6 aromatic rings. The molecular weight excluding hydrogens is 407 g/mol. The van der Waals surface area contributed by atoms with Crippen LogP contribution >= 0.6 is 0 Å². The SMILES string of the molecule is Fc1ccc(-c2ccc3cc(-c4ccc(-c5cccc6ccccc56)nc4)cnc3c2)cc1. The molecule has 0 radical (unpaired) electrons. The van der Waals surface area contributed by atoms with Gasteiger partial charge in [-0.3, -0.25) is 9.97 Å². The Morgan fingerprint density at radius 3 is 2.12 bits per heavy atom. The summed E-state index contributed by atoms with van der Waals surface area (Å²) in [6.45, 7) is 0. The summed E-state index contributed by atoms with van der Waals surface area (Å²) in [4.78, 5) is 9.44. The molecule has 0 bridgehead atoms. The standard InChI is InChI=1S/C30H19FN2/c31-26-13-10-20(11-14-26)22-8-9-23-16-25(19-33-30(23)17-22)24-12-15-29(32-18-24)28-7-3-5-21-4-1-2-6-27(21)28/h1-19H. The zero-order valence-electron chi connectivity index (χ0n) is 17.7. The van der Waals surface area contributed by atoms with Gasteiger partial charge in [-0.15, -0.1) is 0 Å². The van der Waals surface area contributed by atoms with Crippen LogP contribution in [-0.4, -0.2) is 9.97 Å². The zero-order valence-corrected chi connectivity index (χ0v) is 17.7. The molecule has 0 spiro atoms. The third-order valence-electron chi connectivity index (χ3n) is 6.02. The third-order valence-corrected chi connectivity index (χ3v) is 6.02. The molecule has 0 N–H and O–H groups in total. The van der Waals surface area contributed by atoms with Gasteiger partial charge >= 0.3 is 0 Å². The fourth-order valence-corrected chi connectivity index (χ4v) is 4.27. The molecule has 4 aromatic carbocycles. The first-order valence-electron chi connectivity index (χ1n) is 10.8. The number of halogens is 1. The lowest BCUT2D eigenvalue weighted by Crippen LogP contribution is -1.88. The molecule has 0 saturated heterocycles. The number of hydrogen-bond donors (Lipinski definition) is 0. The van der Waals surface area contributed by atoms with Gasteiger partial charge in [0.05, 0.1) is 11.2 Å². The average Bonchev–Trinajstić information content (AvgIpc) is 2.88. The number of fused-ring (bicyclic) bond motifs is 2. The Morgan fingerprint density at radius 1 is 0.515 bits per heavy atom. The first kappa shape index (κ1) is 19.3. The van der Waals surface area contributed by atoms with Crippen molar-refractivity contribution in [1.82, 2.24) is 9.97 Å². The molecule has 0 amide bonds. The predicted octanol–water partition coefficient (Wildman–Crippen LogP) is 7.92. The third kappa shape index (κ3) is 3.64. The van der Waals surface area contributed by atoms with Crippen molar-refractivity contribution < 1.29 is 4.39 Å². The summed E-state index contributed by atoms with van der Waals surface area (Å²) in [6.07, 6.45) is 3.79. The smallest absolute Gasteiger partial charge is 0.123 e. The number of pyridine rings is 2. The van der Waals surface area contributed by atoms with Gasteiger partial charge in [0, 0.05) is 34.5 Å². The minimum Gasteiger partial charge on any atom is -0.256 e. The van der Waals surface area contributed by atoms with Crippen LogP contribution in [0.4, 0.5) is 4.39 Å². The molecule has 2 heterocycles. The number of nitrogens with zero attached hydrogens (tertiary/aromatic N) is 2.